The Morgan fingerprint density at radius 3 is 2.61 bits per heavy atom. The lowest BCUT2D eigenvalue weighted by Crippen LogP contribution is -2.35. The highest BCUT2D eigenvalue weighted by molar-refractivity contribution is 7.89. The molecule has 0 atom stereocenters. The molecule has 8 heteroatoms. The van der Waals surface area contributed by atoms with E-state index in [1.54, 1.807) is 36.9 Å². The number of amides is 1. The van der Waals surface area contributed by atoms with Crippen molar-refractivity contribution < 1.29 is 13.2 Å². The molecule has 0 aliphatic carbocycles. The minimum absolute atomic E-state index is 0.153. The minimum Gasteiger partial charge on any atom is -0.345 e. The monoisotopic (exact) mass is 400 g/mol. The summed E-state index contributed by atoms with van der Waals surface area (Å²) in [7, 11) is -0.252. The number of carbonyl (C=O) groups is 1. The van der Waals surface area contributed by atoms with Gasteiger partial charge in [-0.1, -0.05) is 18.6 Å². The zero-order valence-electron chi connectivity index (χ0n) is 16.1. The normalized spacial score (nSPS) is 15.2. The van der Waals surface area contributed by atoms with E-state index in [1.165, 1.54) is 21.5 Å². The number of aromatic nitrogens is 1. The van der Waals surface area contributed by atoms with Gasteiger partial charge in [0.05, 0.1) is 11.6 Å². The van der Waals surface area contributed by atoms with Gasteiger partial charge in [-0.2, -0.15) is 9.57 Å². The van der Waals surface area contributed by atoms with Crippen molar-refractivity contribution in [3.05, 3.63) is 53.3 Å². The molecule has 2 heterocycles. The fraction of sp³-hybridized carbons (Fsp3) is 0.400. The Morgan fingerprint density at radius 1 is 1.21 bits per heavy atom. The van der Waals surface area contributed by atoms with Crippen LogP contribution >= 0.6 is 0 Å². The van der Waals surface area contributed by atoms with Gasteiger partial charge in [-0.05, 0) is 36.6 Å². The predicted octanol–water partition coefficient (Wildman–Crippen LogP) is 2.34. The number of hydrogen-bond acceptors (Lipinski definition) is 4. The van der Waals surface area contributed by atoms with E-state index in [0.29, 0.717) is 30.9 Å². The molecule has 1 aliphatic rings. The number of piperidine rings is 1. The van der Waals surface area contributed by atoms with Crippen LogP contribution in [0.25, 0.3) is 0 Å². The standard InChI is InChI=1S/C20H24N4O3S/c1-22-15-18(28(26,27)24-9-4-3-5-10-24)12-19(22)20(25)23(2)14-17-8-6-7-16(11-17)13-21/h6-8,11-12,15H,3-5,9-10,14H2,1-2H3. The first-order valence-corrected chi connectivity index (χ1v) is 10.7. The van der Waals surface area contributed by atoms with Gasteiger partial charge in [0.15, 0.2) is 0 Å². The summed E-state index contributed by atoms with van der Waals surface area (Å²) >= 11 is 0. The number of aryl methyl sites for hydroxylation is 1. The molecule has 0 N–H and O–H groups in total. The van der Waals surface area contributed by atoms with Gasteiger partial charge in [-0.25, -0.2) is 8.42 Å². The Kier molecular flexibility index (Phi) is 5.87. The van der Waals surface area contributed by atoms with Crippen LogP contribution in [0.2, 0.25) is 0 Å². The van der Waals surface area contributed by atoms with Crippen molar-refractivity contribution in [3.63, 3.8) is 0 Å². The van der Waals surface area contributed by atoms with Gasteiger partial charge in [0.1, 0.15) is 10.6 Å². The van der Waals surface area contributed by atoms with Crippen LogP contribution in [0.3, 0.4) is 0 Å². The molecule has 0 saturated carbocycles. The quantitative estimate of drug-likeness (QED) is 0.771. The SMILES string of the molecule is CN(Cc1cccc(C#N)c1)C(=O)c1cc(S(=O)(=O)N2CCCCC2)cn1C. The van der Waals surface area contributed by atoms with Crippen LogP contribution in [0.5, 0.6) is 0 Å². The molecule has 1 aliphatic heterocycles. The molecule has 28 heavy (non-hydrogen) atoms. The molecule has 0 spiro atoms. The third-order valence-electron chi connectivity index (χ3n) is 4.97. The fourth-order valence-corrected chi connectivity index (χ4v) is 5.01. The van der Waals surface area contributed by atoms with E-state index >= 15 is 0 Å². The number of benzene rings is 1. The Bertz CT molecular complexity index is 1010. The Hall–Kier alpha value is -2.63. The lowest BCUT2D eigenvalue weighted by atomic mass is 10.1. The first kappa shape index (κ1) is 20.1. The van der Waals surface area contributed by atoms with Crippen molar-refractivity contribution in [1.82, 2.24) is 13.8 Å². The number of carbonyl (C=O) groups excluding carboxylic acids is 1. The number of nitriles is 1. The first-order valence-electron chi connectivity index (χ1n) is 9.24. The van der Waals surface area contributed by atoms with E-state index in [-0.39, 0.29) is 10.8 Å². The summed E-state index contributed by atoms with van der Waals surface area (Å²) in [5.41, 5.74) is 1.69. The van der Waals surface area contributed by atoms with Gasteiger partial charge < -0.3 is 9.47 Å². The largest absolute Gasteiger partial charge is 0.345 e. The molecule has 1 aromatic carbocycles. The second kappa shape index (κ2) is 8.17. The number of sulfonamides is 1. The molecule has 148 valence electrons. The molecule has 0 bridgehead atoms. The summed E-state index contributed by atoms with van der Waals surface area (Å²) in [5, 5.41) is 9.01. The lowest BCUT2D eigenvalue weighted by molar-refractivity contribution is 0.0775. The van der Waals surface area contributed by atoms with Gasteiger partial charge >= 0.3 is 0 Å². The van der Waals surface area contributed by atoms with Crippen molar-refractivity contribution in [1.29, 1.82) is 5.26 Å². The number of nitrogens with zero attached hydrogens (tertiary/aromatic N) is 4. The second-order valence-electron chi connectivity index (χ2n) is 7.11. The molecule has 0 unspecified atom stereocenters. The molecule has 1 saturated heterocycles. The molecule has 0 radical (unpaired) electrons. The van der Waals surface area contributed by atoms with Crippen molar-refractivity contribution in [2.75, 3.05) is 20.1 Å². The van der Waals surface area contributed by atoms with Crippen molar-refractivity contribution in [2.45, 2.75) is 30.7 Å². The summed E-state index contributed by atoms with van der Waals surface area (Å²) < 4.78 is 28.8. The summed E-state index contributed by atoms with van der Waals surface area (Å²) in [6.07, 6.45) is 4.27. The topological polar surface area (TPSA) is 86.4 Å². The van der Waals surface area contributed by atoms with Gasteiger partial charge in [0, 0.05) is 39.9 Å². The summed E-state index contributed by atoms with van der Waals surface area (Å²) in [6.45, 7) is 1.37. The van der Waals surface area contributed by atoms with Gasteiger partial charge in [-0.3, -0.25) is 4.79 Å². The zero-order valence-corrected chi connectivity index (χ0v) is 16.9. The maximum Gasteiger partial charge on any atom is 0.270 e. The van der Waals surface area contributed by atoms with Crippen LogP contribution in [0.1, 0.15) is 40.9 Å². The molecule has 1 amide bonds. The highest BCUT2D eigenvalue weighted by Gasteiger charge is 2.29. The Labute approximate surface area is 165 Å². The van der Waals surface area contributed by atoms with E-state index in [9.17, 15) is 13.2 Å². The van der Waals surface area contributed by atoms with E-state index in [1.807, 2.05) is 6.07 Å². The average molecular weight is 401 g/mol. The second-order valence-corrected chi connectivity index (χ2v) is 9.05. The summed E-state index contributed by atoms with van der Waals surface area (Å²) in [4.78, 5) is 14.5. The smallest absolute Gasteiger partial charge is 0.270 e. The Balaban J connectivity index is 1.79. The maximum atomic E-state index is 12.9. The molecule has 7 nitrogen and oxygen atoms in total. The average Bonchev–Trinajstić information content (AvgIpc) is 3.10. The van der Waals surface area contributed by atoms with Crippen molar-refractivity contribution in [3.8, 4) is 6.07 Å². The van der Waals surface area contributed by atoms with Gasteiger partial charge in [0.2, 0.25) is 10.0 Å². The molecular weight excluding hydrogens is 376 g/mol. The highest BCUT2D eigenvalue weighted by atomic mass is 32.2. The molecule has 3 rings (SSSR count). The van der Waals surface area contributed by atoms with E-state index < -0.39 is 10.0 Å². The molecule has 1 fully saturated rings. The fourth-order valence-electron chi connectivity index (χ4n) is 3.42. The Morgan fingerprint density at radius 2 is 1.93 bits per heavy atom. The molecule has 1 aromatic heterocycles. The minimum atomic E-state index is -3.59. The van der Waals surface area contributed by atoms with Crippen LogP contribution in [0, 0.1) is 11.3 Å². The molecule has 2 aromatic rings. The van der Waals surface area contributed by atoms with Crippen LogP contribution in [0.4, 0.5) is 0 Å². The van der Waals surface area contributed by atoms with Crippen LogP contribution < -0.4 is 0 Å². The number of hydrogen-bond donors (Lipinski definition) is 0. The maximum absolute atomic E-state index is 12.9. The van der Waals surface area contributed by atoms with Crippen molar-refractivity contribution in [2.24, 2.45) is 7.05 Å². The van der Waals surface area contributed by atoms with E-state index in [0.717, 1.165) is 24.8 Å². The predicted molar refractivity (Wildman–Crippen MR) is 105 cm³/mol. The molecular formula is C20H24N4O3S. The van der Waals surface area contributed by atoms with E-state index in [2.05, 4.69) is 6.07 Å². The van der Waals surface area contributed by atoms with Gasteiger partial charge in [-0.15, -0.1) is 0 Å². The zero-order chi connectivity index (χ0) is 20.3. The van der Waals surface area contributed by atoms with Crippen LogP contribution in [0.15, 0.2) is 41.4 Å². The summed E-state index contributed by atoms with van der Waals surface area (Å²) in [5.74, 6) is -0.273. The third-order valence-corrected chi connectivity index (χ3v) is 6.84. The highest BCUT2D eigenvalue weighted by Crippen LogP contribution is 2.23. The number of rotatable bonds is 5. The first-order chi connectivity index (χ1) is 13.3. The van der Waals surface area contributed by atoms with Gasteiger partial charge in [0.25, 0.3) is 5.91 Å². The van der Waals surface area contributed by atoms with Crippen LogP contribution in [-0.2, 0) is 23.6 Å². The third kappa shape index (κ3) is 4.11. The summed E-state index contributed by atoms with van der Waals surface area (Å²) in [6, 6.07) is 10.6. The lowest BCUT2D eigenvalue weighted by Gasteiger charge is -2.25. The van der Waals surface area contributed by atoms with Crippen molar-refractivity contribution >= 4 is 15.9 Å². The van der Waals surface area contributed by atoms with E-state index in [4.69, 9.17) is 5.26 Å². The van der Waals surface area contributed by atoms with Crippen LogP contribution in [-0.4, -0.2) is 48.2 Å².